The number of nitrogen functional groups attached to an aromatic ring is 1. The Morgan fingerprint density at radius 2 is 2.10 bits per heavy atom. The van der Waals surface area contributed by atoms with Crippen molar-refractivity contribution in [2.24, 2.45) is 0 Å². The number of hydrogen-bond donors (Lipinski definition) is 1. The van der Waals surface area contributed by atoms with E-state index >= 15 is 0 Å². The molecule has 0 bridgehead atoms. The summed E-state index contributed by atoms with van der Waals surface area (Å²) in [6.45, 7) is 2.08. The molecule has 112 valence electrons. The van der Waals surface area contributed by atoms with Crippen LogP contribution in [0.1, 0.15) is 38.2 Å². The molecule has 0 aromatic heterocycles. The summed E-state index contributed by atoms with van der Waals surface area (Å²) >= 11 is 0. The van der Waals surface area contributed by atoms with Gasteiger partial charge in [-0.05, 0) is 43.4 Å². The molecule has 2 rings (SSSR count). The smallest absolute Gasteiger partial charge is 0.150 e. The SMILES string of the molecule is CCc1ccc(OC2CCCC(S(C)(=O)=O)C2)c(N)c1. The quantitative estimate of drug-likeness (QED) is 0.867. The van der Waals surface area contributed by atoms with Gasteiger partial charge in [-0.1, -0.05) is 13.0 Å². The van der Waals surface area contributed by atoms with E-state index in [0.717, 1.165) is 25.7 Å². The van der Waals surface area contributed by atoms with Crippen molar-refractivity contribution in [3.8, 4) is 5.75 Å². The van der Waals surface area contributed by atoms with E-state index in [2.05, 4.69) is 6.92 Å². The third kappa shape index (κ3) is 3.66. The summed E-state index contributed by atoms with van der Waals surface area (Å²) in [5.74, 6) is 0.668. The Balaban J connectivity index is 2.06. The predicted octanol–water partition coefficient (Wildman–Crippen LogP) is 2.57. The van der Waals surface area contributed by atoms with Gasteiger partial charge in [0.2, 0.25) is 0 Å². The number of anilines is 1. The zero-order chi connectivity index (χ0) is 14.8. The molecule has 0 amide bonds. The highest BCUT2D eigenvalue weighted by atomic mass is 32.2. The molecule has 1 aliphatic carbocycles. The highest BCUT2D eigenvalue weighted by Crippen LogP contribution is 2.30. The molecule has 0 heterocycles. The summed E-state index contributed by atoms with van der Waals surface area (Å²) in [5, 5.41) is -0.280. The Bertz CT molecular complexity index is 568. The van der Waals surface area contributed by atoms with Crippen molar-refractivity contribution in [2.75, 3.05) is 12.0 Å². The van der Waals surface area contributed by atoms with Gasteiger partial charge in [0.15, 0.2) is 0 Å². The van der Waals surface area contributed by atoms with E-state index in [1.165, 1.54) is 11.8 Å². The molecular weight excluding hydrogens is 274 g/mol. The van der Waals surface area contributed by atoms with Gasteiger partial charge in [0.05, 0.1) is 10.9 Å². The van der Waals surface area contributed by atoms with Gasteiger partial charge < -0.3 is 10.5 Å². The molecule has 20 heavy (non-hydrogen) atoms. The Morgan fingerprint density at radius 3 is 2.70 bits per heavy atom. The predicted molar refractivity (Wildman–Crippen MR) is 81.7 cm³/mol. The van der Waals surface area contributed by atoms with E-state index in [-0.39, 0.29) is 11.4 Å². The molecule has 1 aromatic rings. The van der Waals surface area contributed by atoms with Crippen molar-refractivity contribution >= 4 is 15.5 Å². The van der Waals surface area contributed by atoms with Crippen LogP contribution in [0.3, 0.4) is 0 Å². The first-order valence-corrected chi connectivity index (χ1v) is 9.09. The minimum atomic E-state index is -2.98. The van der Waals surface area contributed by atoms with Crippen LogP contribution in [-0.2, 0) is 16.3 Å². The molecule has 1 saturated carbocycles. The van der Waals surface area contributed by atoms with E-state index in [9.17, 15) is 8.42 Å². The second kappa shape index (κ2) is 6.04. The molecule has 2 unspecified atom stereocenters. The molecule has 0 spiro atoms. The topological polar surface area (TPSA) is 69.4 Å². The van der Waals surface area contributed by atoms with E-state index in [0.29, 0.717) is 17.9 Å². The summed E-state index contributed by atoms with van der Waals surface area (Å²) in [7, 11) is -2.98. The van der Waals surface area contributed by atoms with Crippen LogP contribution in [0.15, 0.2) is 18.2 Å². The number of benzene rings is 1. The van der Waals surface area contributed by atoms with Crippen molar-refractivity contribution < 1.29 is 13.2 Å². The Morgan fingerprint density at radius 1 is 1.35 bits per heavy atom. The maximum absolute atomic E-state index is 11.7. The van der Waals surface area contributed by atoms with Gasteiger partial charge in [0.1, 0.15) is 21.7 Å². The van der Waals surface area contributed by atoms with Gasteiger partial charge in [-0.2, -0.15) is 0 Å². The molecule has 1 aromatic carbocycles. The van der Waals surface area contributed by atoms with E-state index in [1.54, 1.807) is 0 Å². The standard InChI is InChI=1S/C15H23NO3S/c1-3-11-7-8-15(14(16)9-11)19-12-5-4-6-13(10-12)20(2,17)18/h7-9,12-13H,3-6,10,16H2,1-2H3. The van der Waals surface area contributed by atoms with Gasteiger partial charge in [0, 0.05) is 12.7 Å². The first kappa shape index (κ1) is 15.2. The van der Waals surface area contributed by atoms with E-state index < -0.39 is 9.84 Å². The number of aryl methyl sites for hydroxylation is 1. The Hall–Kier alpha value is -1.23. The van der Waals surface area contributed by atoms with Gasteiger partial charge in [0.25, 0.3) is 0 Å². The minimum Gasteiger partial charge on any atom is -0.488 e. The van der Waals surface area contributed by atoms with E-state index in [4.69, 9.17) is 10.5 Å². The number of nitrogens with two attached hydrogens (primary N) is 1. The highest BCUT2D eigenvalue weighted by Gasteiger charge is 2.30. The lowest BCUT2D eigenvalue weighted by Gasteiger charge is -2.29. The minimum absolute atomic E-state index is 0.0572. The zero-order valence-corrected chi connectivity index (χ0v) is 12.9. The first-order chi connectivity index (χ1) is 9.40. The normalized spacial score (nSPS) is 23.5. The fourth-order valence-corrected chi connectivity index (χ4v) is 3.86. The van der Waals surface area contributed by atoms with Crippen molar-refractivity contribution in [3.63, 3.8) is 0 Å². The third-order valence-corrected chi connectivity index (χ3v) is 5.60. The van der Waals surface area contributed by atoms with Crippen LogP contribution < -0.4 is 10.5 Å². The average Bonchev–Trinajstić information content (AvgIpc) is 2.40. The molecule has 2 N–H and O–H groups in total. The molecule has 0 saturated heterocycles. The summed E-state index contributed by atoms with van der Waals surface area (Å²) in [6, 6.07) is 5.81. The monoisotopic (exact) mass is 297 g/mol. The summed E-state index contributed by atoms with van der Waals surface area (Å²) in [5.41, 5.74) is 7.80. The summed E-state index contributed by atoms with van der Waals surface area (Å²) in [6.07, 6.45) is 5.26. The lowest BCUT2D eigenvalue weighted by Crippen LogP contribution is -2.33. The fourth-order valence-electron chi connectivity index (χ4n) is 2.70. The molecule has 0 radical (unpaired) electrons. The van der Waals surface area contributed by atoms with Gasteiger partial charge >= 0.3 is 0 Å². The van der Waals surface area contributed by atoms with Crippen LogP contribution in [-0.4, -0.2) is 26.0 Å². The second-order valence-electron chi connectivity index (χ2n) is 5.58. The molecule has 1 fully saturated rings. The third-order valence-electron chi connectivity index (χ3n) is 3.96. The second-order valence-corrected chi connectivity index (χ2v) is 7.91. The van der Waals surface area contributed by atoms with Crippen molar-refractivity contribution in [2.45, 2.75) is 50.4 Å². The van der Waals surface area contributed by atoms with Gasteiger partial charge in [-0.25, -0.2) is 8.42 Å². The molecule has 0 aliphatic heterocycles. The van der Waals surface area contributed by atoms with Crippen LogP contribution in [0.25, 0.3) is 0 Å². The van der Waals surface area contributed by atoms with Crippen LogP contribution >= 0.6 is 0 Å². The average molecular weight is 297 g/mol. The maximum atomic E-state index is 11.7. The van der Waals surface area contributed by atoms with Crippen LogP contribution in [0, 0.1) is 0 Å². The number of rotatable bonds is 4. The first-order valence-electron chi connectivity index (χ1n) is 7.14. The Labute approximate surface area is 121 Å². The largest absolute Gasteiger partial charge is 0.488 e. The lowest BCUT2D eigenvalue weighted by atomic mass is 9.97. The maximum Gasteiger partial charge on any atom is 0.150 e. The van der Waals surface area contributed by atoms with Crippen molar-refractivity contribution in [3.05, 3.63) is 23.8 Å². The number of hydrogen-bond acceptors (Lipinski definition) is 4. The molecule has 2 atom stereocenters. The highest BCUT2D eigenvalue weighted by molar-refractivity contribution is 7.91. The number of ether oxygens (including phenoxy) is 1. The van der Waals surface area contributed by atoms with Gasteiger partial charge in [-0.15, -0.1) is 0 Å². The Kier molecular flexibility index (Phi) is 4.58. The summed E-state index contributed by atoms with van der Waals surface area (Å²) in [4.78, 5) is 0. The van der Waals surface area contributed by atoms with Crippen LogP contribution in [0.4, 0.5) is 5.69 Å². The zero-order valence-electron chi connectivity index (χ0n) is 12.1. The molecule has 4 nitrogen and oxygen atoms in total. The van der Waals surface area contributed by atoms with E-state index in [1.807, 2.05) is 18.2 Å². The summed E-state index contributed by atoms with van der Waals surface area (Å²) < 4.78 is 29.2. The van der Waals surface area contributed by atoms with Crippen LogP contribution in [0.5, 0.6) is 5.75 Å². The molecule has 5 heteroatoms. The fraction of sp³-hybridized carbons (Fsp3) is 0.600. The molecular formula is C15H23NO3S. The lowest BCUT2D eigenvalue weighted by molar-refractivity contribution is 0.157. The van der Waals surface area contributed by atoms with Crippen LogP contribution in [0.2, 0.25) is 0 Å². The number of sulfone groups is 1. The molecule has 1 aliphatic rings. The van der Waals surface area contributed by atoms with Gasteiger partial charge in [-0.3, -0.25) is 0 Å². The van der Waals surface area contributed by atoms with Crippen molar-refractivity contribution in [1.82, 2.24) is 0 Å². The van der Waals surface area contributed by atoms with Crippen molar-refractivity contribution in [1.29, 1.82) is 0 Å².